The lowest BCUT2D eigenvalue weighted by atomic mass is 9.91. The van der Waals surface area contributed by atoms with Crippen LogP contribution in [0.1, 0.15) is 0 Å². The molecule has 0 saturated carbocycles. The van der Waals surface area contributed by atoms with Gasteiger partial charge in [-0.15, -0.1) is 0 Å². The fraction of sp³-hybridized carbons (Fsp3) is 0. The second-order valence-electron chi connectivity index (χ2n) is 14.0. The SMILES string of the molecule is c1ccc(-c2nc(-c3ccccc3)nc(-c3cccc(-c4ccc5c(c4)c4ccccc4c4cc6c(cc54)c4ccccc4n6-c4ccccc4)c3)n2)cc1. The molecule has 0 aliphatic rings. The highest BCUT2D eigenvalue weighted by molar-refractivity contribution is 6.29. The minimum Gasteiger partial charge on any atom is -0.309 e. The molecule has 9 aromatic carbocycles. The van der Waals surface area contributed by atoms with Crippen LogP contribution in [0.25, 0.3) is 105 Å². The zero-order chi connectivity index (χ0) is 36.3. The van der Waals surface area contributed by atoms with E-state index in [0.717, 1.165) is 33.5 Å². The van der Waals surface area contributed by atoms with Crippen LogP contribution in [0, 0.1) is 0 Å². The van der Waals surface area contributed by atoms with Gasteiger partial charge in [0, 0.05) is 33.2 Å². The molecular weight excluding hydrogens is 669 g/mol. The van der Waals surface area contributed by atoms with E-state index in [9.17, 15) is 0 Å². The topological polar surface area (TPSA) is 43.6 Å². The van der Waals surface area contributed by atoms with E-state index in [1.807, 2.05) is 60.7 Å². The van der Waals surface area contributed by atoms with Crippen LogP contribution >= 0.6 is 0 Å². The third kappa shape index (κ3) is 5.19. The molecule has 256 valence electrons. The van der Waals surface area contributed by atoms with Crippen LogP contribution in [-0.4, -0.2) is 19.5 Å². The number of aromatic nitrogens is 4. The van der Waals surface area contributed by atoms with Crippen molar-refractivity contribution in [2.75, 3.05) is 0 Å². The van der Waals surface area contributed by atoms with E-state index >= 15 is 0 Å². The van der Waals surface area contributed by atoms with Crippen molar-refractivity contribution in [3.63, 3.8) is 0 Å². The van der Waals surface area contributed by atoms with Gasteiger partial charge in [0.2, 0.25) is 0 Å². The zero-order valence-electron chi connectivity index (χ0n) is 29.8. The quantitative estimate of drug-likeness (QED) is 0.168. The number of fused-ring (bicyclic) bond motifs is 9. The summed E-state index contributed by atoms with van der Waals surface area (Å²) in [4.78, 5) is 14.9. The van der Waals surface area contributed by atoms with Gasteiger partial charge >= 0.3 is 0 Å². The third-order valence-electron chi connectivity index (χ3n) is 10.8. The van der Waals surface area contributed by atoms with Crippen LogP contribution in [0.2, 0.25) is 0 Å². The second-order valence-corrected chi connectivity index (χ2v) is 14.0. The molecule has 0 amide bonds. The van der Waals surface area contributed by atoms with Crippen molar-refractivity contribution in [3.8, 4) is 51.0 Å². The molecule has 55 heavy (non-hydrogen) atoms. The minimum absolute atomic E-state index is 0.644. The van der Waals surface area contributed by atoms with Crippen molar-refractivity contribution >= 4 is 54.1 Å². The van der Waals surface area contributed by atoms with Gasteiger partial charge in [0.05, 0.1) is 11.0 Å². The molecule has 0 bridgehead atoms. The Labute approximate surface area is 317 Å². The van der Waals surface area contributed by atoms with Gasteiger partial charge in [-0.1, -0.05) is 152 Å². The summed E-state index contributed by atoms with van der Waals surface area (Å²) in [5.41, 5.74) is 8.67. The van der Waals surface area contributed by atoms with Crippen molar-refractivity contribution in [2.45, 2.75) is 0 Å². The maximum Gasteiger partial charge on any atom is 0.164 e. The lowest BCUT2D eigenvalue weighted by Gasteiger charge is -2.14. The molecular formula is C51H32N4. The Morgan fingerprint density at radius 1 is 0.255 bits per heavy atom. The van der Waals surface area contributed by atoms with Crippen molar-refractivity contribution in [3.05, 3.63) is 194 Å². The number of para-hydroxylation sites is 2. The van der Waals surface area contributed by atoms with Crippen molar-refractivity contribution < 1.29 is 0 Å². The molecule has 0 fully saturated rings. The van der Waals surface area contributed by atoms with Gasteiger partial charge < -0.3 is 4.57 Å². The lowest BCUT2D eigenvalue weighted by molar-refractivity contribution is 1.07. The Morgan fingerprint density at radius 2 is 0.727 bits per heavy atom. The molecule has 4 heteroatoms. The molecule has 4 nitrogen and oxygen atoms in total. The Morgan fingerprint density at radius 3 is 1.40 bits per heavy atom. The van der Waals surface area contributed by atoms with Crippen molar-refractivity contribution in [1.29, 1.82) is 0 Å². The highest BCUT2D eigenvalue weighted by Gasteiger charge is 2.18. The second kappa shape index (κ2) is 12.6. The number of rotatable bonds is 5. The largest absolute Gasteiger partial charge is 0.309 e. The Hall–Kier alpha value is -7.43. The Bertz CT molecular complexity index is 3180. The van der Waals surface area contributed by atoms with E-state index in [1.54, 1.807) is 0 Å². The number of hydrogen-bond donors (Lipinski definition) is 0. The Kier molecular flexibility index (Phi) is 7.14. The fourth-order valence-corrected chi connectivity index (χ4v) is 8.23. The van der Waals surface area contributed by atoms with Gasteiger partial charge in [0.15, 0.2) is 17.5 Å². The van der Waals surface area contributed by atoms with E-state index in [0.29, 0.717) is 17.5 Å². The molecule has 0 unspecified atom stereocenters. The van der Waals surface area contributed by atoms with E-state index in [1.165, 1.54) is 54.1 Å². The first kappa shape index (κ1) is 31.1. The standard InChI is InChI=1S/C51H32N4/c1-4-15-33(16-5-1)49-52-50(34-17-6-2-7-18-34)54-51(53-49)37-20-14-19-35(29-37)36-27-28-41-43(30-36)39-23-10-11-24-40(39)45-32-48-46(31-44(41)45)42-25-12-13-26-47(42)55(48)38-21-8-3-9-22-38/h1-32H. The smallest absolute Gasteiger partial charge is 0.164 e. The van der Waals surface area contributed by atoms with Crippen LogP contribution in [0.4, 0.5) is 0 Å². The Balaban J connectivity index is 1.10. The van der Waals surface area contributed by atoms with Gasteiger partial charge in [-0.3, -0.25) is 0 Å². The molecule has 0 saturated heterocycles. The summed E-state index contributed by atoms with van der Waals surface area (Å²) in [5.74, 6) is 1.95. The first-order valence-electron chi connectivity index (χ1n) is 18.6. The van der Waals surface area contributed by atoms with Crippen molar-refractivity contribution in [2.24, 2.45) is 0 Å². The summed E-state index contributed by atoms with van der Waals surface area (Å²) in [6, 6.07) is 68.8. The third-order valence-corrected chi connectivity index (χ3v) is 10.8. The summed E-state index contributed by atoms with van der Waals surface area (Å²) in [5, 5.41) is 9.97. The molecule has 0 spiro atoms. The average Bonchev–Trinajstić information content (AvgIpc) is 3.60. The number of hydrogen-bond acceptors (Lipinski definition) is 3. The first-order valence-corrected chi connectivity index (χ1v) is 18.6. The molecule has 2 heterocycles. The zero-order valence-corrected chi connectivity index (χ0v) is 29.8. The van der Waals surface area contributed by atoms with Crippen molar-refractivity contribution in [1.82, 2.24) is 19.5 Å². The molecule has 2 aromatic heterocycles. The molecule has 11 aromatic rings. The fourth-order valence-electron chi connectivity index (χ4n) is 8.23. The molecule has 0 aliphatic heterocycles. The summed E-state index contributed by atoms with van der Waals surface area (Å²) >= 11 is 0. The van der Waals surface area contributed by atoms with E-state index < -0.39 is 0 Å². The summed E-state index contributed by atoms with van der Waals surface area (Å²) in [6.45, 7) is 0. The maximum absolute atomic E-state index is 5.00. The number of benzene rings is 9. The van der Waals surface area contributed by atoms with Gasteiger partial charge in [-0.05, 0) is 85.9 Å². The predicted octanol–water partition coefficient (Wildman–Crippen LogP) is 13.1. The highest BCUT2D eigenvalue weighted by Crippen LogP contribution is 2.42. The summed E-state index contributed by atoms with van der Waals surface area (Å²) < 4.78 is 2.40. The molecule has 0 aliphatic carbocycles. The van der Waals surface area contributed by atoms with Gasteiger partial charge in [-0.2, -0.15) is 0 Å². The molecule has 11 rings (SSSR count). The summed E-state index contributed by atoms with van der Waals surface area (Å²) in [7, 11) is 0. The van der Waals surface area contributed by atoms with Gasteiger partial charge in [0.25, 0.3) is 0 Å². The van der Waals surface area contributed by atoms with Crippen LogP contribution in [-0.2, 0) is 0 Å². The maximum atomic E-state index is 5.00. The first-order chi connectivity index (χ1) is 27.3. The van der Waals surface area contributed by atoms with Gasteiger partial charge in [0.1, 0.15) is 0 Å². The van der Waals surface area contributed by atoms with Crippen LogP contribution in [0.3, 0.4) is 0 Å². The van der Waals surface area contributed by atoms with Crippen LogP contribution in [0.15, 0.2) is 194 Å². The minimum atomic E-state index is 0.644. The van der Waals surface area contributed by atoms with E-state index in [-0.39, 0.29) is 0 Å². The highest BCUT2D eigenvalue weighted by atomic mass is 15.0. The van der Waals surface area contributed by atoms with Gasteiger partial charge in [-0.25, -0.2) is 15.0 Å². The number of nitrogens with zero attached hydrogens (tertiary/aromatic N) is 4. The van der Waals surface area contributed by atoms with E-state index in [4.69, 9.17) is 15.0 Å². The lowest BCUT2D eigenvalue weighted by Crippen LogP contribution is -2.00. The monoisotopic (exact) mass is 700 g/mol. The van der Waals surface area contributed by atoms with Crippen LogP contribution in [0.5, 0.6) is 0 Å². The normalized spacial score (nSPS) is 11.6. The predicted molar refractivity (Wildman–Crippen MR) is 228 cm³/mol. The van der Waals surface area contributed by atoms with E-state index in [2.05, 4.69) is 138 Å². The summed E-state index contributed by atoms with van der Waals surface area (Å²) in [6.07, 6.45) is 0. The molecule has 0 radical (unpaired) electrons. The molecule has 0 N–H and O–H groups in total. The average molecular weight is 701 g/mol. The van der Waals surface area contributed by atoms with Crippen LogP contribution < -0.4 is 0 Å². The molecule has 0 atom stereocenters.